The van der Waals surface area contributed by atoms with Crippen molar-refractivity contribution in [2.45, 2.75) is 37.6 Å². The molecule has 1 fully saturated rings. The standard InChI is InChI=1S/C9H15F3N2O2/c10-9(11,12)3-1-8(16)14-6-5-13-4-2-7(6)15/h6-7,13,15H,1-5H2,(H,14,16)/t6-,7+/m0/s1. The van der Waals surface area contributed by atoms with Gasteiger partial charge >= 0.3 is 6.18 Å². The molecular weight excluding hydrogens is 225 g/mol. The lowest BCUT2D eigenvalue weighted by atomic mass is 10.0. The summed E-state index contributed by atoms with van der Waals surface area (Å²) >= 11 is 0. The molecule has 0 aromatic carbocycles. The van der Waals surface area contributed by atoms with Gasteiger partial charge in [0.15, 0.2) is 0 Å². The van der Waals surface area contributed by atoms with Gasteiger partial charge in [-0.3, -0.25) is 4.79 Å². The summed E-state index contributed by atoms with van der Waals surface area (Å²) in [6, 6.07) is -0.491. The highest BCUT2D eigenvalue weighted by molar-refractivity contribution is 5.76. The van der Waals surface area contributed by atoms with Crippen molar-refractivity contribution in [2.75, 3.05) is 13.1 Å². The summed E-state index contributed by atoms with van der Waals surface area (Å²) in [5.74, 6) is -0.676. The Morgan fingerprint density at radius 3 is 2.75 bits per heavy atom. The van der Waals surface area contributed by atoms with Gasteiger partial charge in [0.1, 0.15) is 0 Å². The van der Waals surface area contributed by atoms with Crippen LogP contribution in [0.2, 0.25) is 0 Å². The highest BCUT2D eigenvalue weighted by Gasteiger charge is 2.29. The first kappa shape index (κ1) is 13.2. The average molecular weight is 240 g/mol. The smallest absolute Gasteiger partial charge is 0.389 e. The molecule has 0 saturated carbocycles. The number of aliphatic hydroxyl groups is 1. The fourth-order valence-corrected chi connectivity index (χ4v) is 1.53. The molecule has 1 aliphatic rings. The predicted molar refractivity (Wildman–Crippen MR) is 50.7 cm³/mol. The van der Waals surface area contributed by atoms with E-state index in [0.29, 0.717) is 19.5 Å². The summed E-state index contributed by atoms with van der Waals surface area (Å²) in [6.45, 7) is 1.04. The largest absolute Gasteiger partial charge is 0.391 e. The Morgan fingerprint density at radius 2 is 2.19 bits per heavy atom. The number of hydrogen-bond acceptors (Lipinski definition) is 3. The third-order valence-corrected chi connectivity index (χ3v) is 2.43. The van der Waals surface area contributed by atoms with Gasteiger partial charge in [0.2, 0.25) is 5.91 Å². The molecule has 16 heavy (non-hydrogen) atoms. The molecule has 1 aliphatic heterocycles. The Hall–Kier alpha value is -0.820. The van der Waals surface area contributed by atoms with Crippen LogP contribution in [0.1, 0.15) is 19.3 Å². The molecule has 3 N–H and O–H groups in total. The van der Waals surface area contributed by atoms with Gasteiger partial charge in [-0.15, -0.1) is 0 Å². The third-order valence-electron chi connectivity index (χ3n) is 2.43. The molecule has 2 atom stereocenters. The van der Waals surface area contributed by atoms with Crippen molar-refractivity contribution < 1.29 is 23.1 Å². The highest BCUT2D eigenvalue weighted by atomic mass is 19.4. The number of carbonyl (C=O) groups is 1. The second-order valence-electron chi connectivity index (χ2n) is 3.85. The van der Waals surface area contributed by atoms with E-state index in [1.807, 2.05) is 0 Å². The fraction of sp³-hybridized carbons (Fsp3) is 0.889. The molecule has 1 saturated heterocycles. The maximum atomic E-state index is 11.8. The lowest BCUT2D eigenvalue weighted by Crippen LogP contribution is -2.53. The normalized spacial score (nSPS) is 26.5. The van der Waals surface area contributed by atoms with Crippen LogP contribution in [0, 0.1) is 0 Å². The Kier molecular flexibility index (Phi) is 4.55. The minimum absolute atomic E-state index is 0.388. The molecule has 0 bridgehead atoms. The number of piperidine rings is 1. The number of aliphatic hydroxyl groups excluding tert-OH is 1. The minimum atomic E-state index is -4.32. The van der Waals surface area contributed by atoms with Crippen LogP contribution in [0.4, 0.5) is 13.2 Å². The topological polar surface area (TPSA) is 61.4 Å². The average Bonchev–Trinajstić information content (AvgIpc) is 2.18. The summed E-state index contributed by atoms with van der Waals surface area (Å²) in [5.41, 5.74) is 0. The van der Waals surface area contributed by atoms with E-state index >= 15 is 0 Å². The van der Waals surface area contributed by atoms with Gasteiger partial charge < -0.3 is 15.7 Å². The SMILES string of the molecule is O=C(CCC(F)(F)F)N[C@H]1CNCC[C@H]1O. The fourth-order valence-electron chi connectivity index (χ4n) is 1.53. The number of halogens is 3. The lowest BCUT2D eigenvalue weighted by Gasteiger charge is -2.29. The van der Waals surface area contributed by atoms with Crippen LogP contribution in [0.15, 0.2) is 0 Å². The second-order valence-corrected chi connectivity index (χ2v) is 3.85. The first-order valence-corrected chi connectivity index (χ1v) is 5.13. The van der Waals surface area contributed by atoms with Crippen molar-refractivity contribution in [1.82, 2.24) is 10.6 Å². The summed E-state index contributed by atoms with van der Waals surface area (Å²) < 4.78 is 35.5. The van der Waals surface area contributed by atoms with Gasteiger partial charge in [-0.05, 0) is 13.0 Å². The Bertz CT molecular complexity index is 245. The van der Waals surface area contributed by atoms with Crippen LogP contribution in [0.25, 0.3) is 0 Å². The van der Waals surface area contributed by atoms with Gasteiger partial charge in [0, 0.05) is 13.0 Å². The minimum Gasteiger partial charge on any atom is -0.391 e. The third kappa shape index (κ3) is 4.80. The molecule has 94 valence electrons. The number of alkyl halides is 3. The van der Waals surface area contributed by atoms with Crippen LogP contribution < -0.4 is 10.6 Å². The number of amides is 1. The van der Waals surface area contributed by atoms with Crippen LogP contribution in [0.3, 0.4) is 0 Å². The molecular formula is C9H15F3N2O2. The van der Waals surface area contributed by atoms with Crippen LogP contribution in [0.5, 0.6) is 0 Å². The quantitative estimate of drug-likeness (QED) is 0.659. The van der Waals surface area contributed by atoms with E-state index in [-0.39, 0.29) is 0 Å². The van der Waals surface area contributed by atoms with E-state index in [2.05, 4.69) is 10.6 Å². The van der Waals surface area contributed by atoms with Gasteiger partial charge in [0.25, 0.3) is 0 Å². The van der Waals surface area contributed by atoms with Gasteiger partial charge in [-0.1, -0.05) is 0 Å². The van der Waals surface area contributed by atoms with Crippen molar-refractivity contribution in [2.24, 2.45) is 0 Å². The van der Waals surface area contributed by atoms with Crippen molar-refractivity contribution in [1.29, 1.82) is 0 Å². The van der Waals surface area contributed by atoms with Gasteiger partial charge in [-0.2, -0.15) is 13.2 Å². The summed E-state index contributed by atoms with van der Waals surface area (Å²) in [6.07, 6.45) is -6.23. The number of carbonyl (C=O) groups excluding carboxylic acids is 1. The first-order chi connectivity index (χ1) is 7.38. The zero-order valence-corrected chi connectivity index (χ0v) is 8.68. The molecule has 0 unspecified atom stereocenters. The van der Waals surface area contributed by atoms with Crippen molar-refractivity contribution in [3.05, 3.63) is 0 Å². The monoisotopic (exact) mass is 240 g/mol. The molecule has 1 amide bonds. The Labute approximate surface area is 91.2 Å². The summed E-state index contributed by atoms with van der Waals surface area (Å²) in [4.78, 5) is 11.2. The molecule has 0 radical (unpaired) electrons. The zero-order chi connectivity index (χ0) is 12.2. The zero-order valence-electron chi connectivity index (χ0n) is 8.68. The van der Waals surface area contributed by atoms with Crippen LogP contribution in [-0.2, 0) is 4.79 Å². The summed E-state index contributed by atoms with van der Waals surface area (Å²) in [7, 11) is 0. The molecule has 7 heteroatoms. The van der Waals surface area contributed by atoms with Crippen molar-refractivity contribution in [3.63, 3.8) is 0 Å². The molecule has 0 aliphatic carbocycles. The van der Waals surface area contributed by atoms with E-state index in [1.165, 1.54) is 0 Å². The number of hydrogen-bond donors (Lipinski definition) is 3. The maximum absolute atomic E-state index is 11.8. The Balaban J connectivity index is 2.28. The Morgan fingerprint density at radius 1 is 1.50 bits per heavy atom. The molecule has 0 spiro atoms. The predicted octanol–water partition coefficient (Wildman–Crippen LogP) is 0.168. The second kappa shape index (κ2) is 5.49. The van der Waals surface area contributed by atoms with Crippen molar-refractivity contribution >= 4 is 5.91 Å². The van der Waals surface area contributed by atoms with E-state index in [1.54, 1.807) is 0 Å². The number of rotatable bonds is 3. The number of nitrogens with one attached hydrogen (secondary N) is 2. The van der Waals surface area contributed by atoms with Gasteiger partial charge in [-0.25, -0.2) is 0 Å². The lowest BCUT2D eigenvalue weighted by molar-refractivity contribution is -0.144. The first-order valence-electron chi connectivity index (χ1n) is 5.13. The highest BCUT2D eigenvalue weighted by Crippen LogP contribution is 2.21. The molecule has 0 aromatic rings. The molecule has 1 rings (SSSR count). The van der Waals surface area contributed by atoms with E-state index < -0.39 is 37.1 Å². The van der Waals surface area contributed by atoms with Crippen LogP contribution in [-0.4, -0.2) is 42.4 Å². The van der Waals surface area contributed by atoms with E-state index in [4.69, 9.17) is 0 Å². The van der Waals surface area contributed by atoms with E-state index in [9.17, 15) is 23.1 Å². The molecule has 0 aromatic heterocycles. The summed E-state index contributed by atoms with van der Waals surface area (Å²) in [5, 5.41) is 14.8. The van der Waals surface area contributed by atoms with Gasteiger partial charge in [0.05, 0.1) is 18.6 Å². The molecule has 1 heterocycles. The van der Waals surface area contributed by atoms with E-state index in [0.717, 1.165) is 0 Å². The van der Waals surface area contributed by atoms with Crippen LogP contribution >= 0.6 is 0 Å². The molecule has 4 nitrogen and oxygen atoms in total. The van der Waals surface area contributed by atoms with Crippen molar-refractivity contribution in [3.8, 4) is 0 Å². The maximum Gasteiger partial charge on any atom is 0.389 e.